The Labute approximate surface area is 141 Å². The molecule has 0 saturated heterocycles. The van der Waals surface area contributed by atoms with Crippen molar-refractivity contribution < 1.29 is 20.1 Å². The average molecular weight is 468 g/mol. The number of hydrogen-bond donors (Lipinski definition) is 0. The van der Waals surface area contributed by atoms with E-state index in [2.05, 4.69) is 34.6 Å². The van der Waals surface area contributed by atoms with Gasteiger partial charge in [-0.1, -0.05) is 42.3 Å². The molecule has 0 saturated carbocycles. The van der Waals surface area contributed by atoms with Crippen molar-refractivity contribution in [1.82, 2.24) is 0 Å². The van der Waals surface area contributed by atoms with Crippen LogP contribution >= 0.6 is 0 Å². The van der Waals surface area contributed by atoms with Crippen molar-refractivity contribution in [3.63, 3.8) is 0 Å². The summed E-state index contributed by atoms with van der Waals surface area (Å²) in [4.78, 5) is 1.53. The molecule has 0 bridgehead atoms. The Morgan fingerprint density at radius 1 is 0.632 bits per heavy atom. The fourth-order valence-corrected chi connectivity index (χ4v) is 2.15. The van der Waals surface area contributed by atoms with Gasteiger partial charge in [0.2, 0.25) is 0 Å². The van der Waals surface area contributed by atoms with Crippen LogP contribution in [0.5, 0.6) is 0 Å². The Balaban J connectivity index is 0.000000331. The summed E-state index contributed by atoms with van der Waals surface area (Å²) in [5.74, 6) is 1.47. The summed E-state index contributed by atoms with van der Waals surface area (Å²) in [6.07, 6.45) is 0. The van der Waals surface area contributed by atoms with Crippen LogP contribution in [0.15, 0.2) is 56.3 Å². The van der Waals surface area contributed by atoms with Gasteiger partial charge in [-0.3, -0.25) is 0 Å². The molecule has 0 heterocycles. The molecule has 0 amide bonds. The number of rotatable bonds is 0. The van der Waals surface area contributed by atoms with Crippen LogP contribution in [0.25, 0.3) is 0 Å². The predicted octanol–water partition coefficient (Wildman–Crippen LogP) is 4.76. The second-order valence-electron chi connectivity index (χ2n) is 4.57. The van der Waals surface area contributed by atoms with Crippen molar-refractivity contribution in [3.05, 3.63) is 52.5 Å². The van der Waals surface area contributed by atoms with E-state index in [1.165, 1.54) is 28.2 Å². The Bertz CT molecular complexity index is 456. The van der Waals surface area contributed by atoms with Crippen LogP contribution in [0.1, 0.15) is 34.6 Å². The van der Waals surface area contributed by atoms with Crippen LogP contribution in [-0.2, 0) is 45.4 Å². The minimum absolute atomic E-state index is 0. The summed E-state index contributed by atoms with van der Waals surface area (Å²) < 4.78 is 0. The molecular formula is C16H19IrS2-2. The van der Waals surface area contributed by atoms with Gasteiger partial charge in [-0.05, 0) is 38.8 Å². The number of allylic oxidation sites excluding steroid dienone is 4. The van der Waals surface area contributed by atoms with E-state index in [4.69, 9.17) is 25.3 Å². The number of benzene rings is 1. The van der Waals surface area contributed by atoms with Crippen LogP contribution < -0.4 is 0 Å². The zero-order valence-corrected chi connectivity index (χ0v) is 16.0. The maximum absolute atomic E-state index is 4.85. The summed E-state index contributed by atoms with van der Waals surface area (Å²) in [6.45, 7) is 11.0. The van der Waals surface area contributed by atoms with Crippen molar-refractivity contribution in [2.45, 2.75) is 44.4 Å². The van der Waals surface area contributed by atoms with Gasteiger partial charge in [0.15, 0.2) is 0 Å². The number of hydrogen-bond acceptors (Lipinski definition) is 2. The van der Waals surface area contributed by atoms with Crippen molar-refractivity contribution in [1.29, 1.82) is 0 Å². The fraction of sp³-hybridized carbons (Fsp3) is 0.312. The van der Waals surface area contributed by atoms with Gasteiger partial charge in [-0.15, -0.1) is 0 Å². The van der Waals surface area contributed by atoms with Gasteiger partial charge in [0, 0.05) is 26.0 Å². The molecule has 0 N–H and O–H groups in total. The third kappa shape index (κ3) is 4.68. The topological polar surface area (TPSA) is 0 Å². The molecule has 0 spiro atoms. The first kappa shape index (κ1) is 18.8. The Morgan fingerprint density at radius 3 is 1.11 bits per heavy atom. The molecule has 0 fully saturated rings. The first-order valence-electron chi connectivity index (χ1n) is 5.99. The second-order valence-corrected chi connectivity index (χ2v) is 5.45. The van der Waals surface area contributed by atoms with E-state index < -0.39 is 0 Å². The molecule has 2 rings (SSSR count). The van der Waals surface area contributed by atoms with Crippen LogP contribution in [-0.4, -0.2) is 0 Å². The SMILES string of the molecule is C[C]1C(C)=C(C)C(C)=C1C.[Ir].[S-]c1ccccc1[S-]. The maximum atomic E-state index is 4.85. The van der Waals surface area contributed by atoms with Crippen LogP contribution in [0, 0.1) is 5.92 Å². The molecule has 1 aromatic carbocycles. The Hall–Kier alpha value is -0.211. The summed E-state index contributed by atoms with van der Waals surface area (Å²) >= 11 is 9.70. The van der Waals surface area contributed by atoms with Crippen LogP contribution in [0.3, 0.4) is 0 Å². The minimum Gasteiger partial charge on any atom is -0.781 e. The normalized spacial score (nSPS) is 15.0. The molecule has 1 aliphatic carbocycles. The first-order chi connectivity index (χ1) is 8.36. The standard InChI is InChI=1S/C10H15.C6H6S2.Ir/c1-6-7(2)9(4)10(5)8(6)3;7-5-3-1-2-4-6(5)8;/h1-5H3;1-4,7-8H;/p-2. The Morgan fingerprint density at radius 2 is 0.947 bits per heavy atom. The van der Waals surface area contributed by atoms with Crippen molar-refractivity contribution >= 4 is 25.3 Å². The van der Waals surface area contributed by atoms with E-state index in [-0.39, 0.29) is 20.1 Å². The molecule has 3 heteroatoms. The molecule has 0 unspecified atom stereocenters. The average Bonchev–Trinajstić information content (AvgIpc) is 2.52. The fourth-order valence-electron chi connectivity index (χ4n) is 1.86. The van der Waals surface area contributed by atoms with E-state index in [1.54, 1.807) is 0 Å². The van der Waals surface area contributed by atoms with Gasteiger partial charge in [0.05, 0.1) is 0 Å². The predicted molar refractivity (Wildman–Crippen MR) is 83.4 cm³/mol. The van der Waals surface area contributed by atoms with E-state index in [0.717, 1.165) is 9.79 Å². The summed E-state index contributed by atoms with van der Waals surface area (Å²) in [6, 6.07) is 7.44. The van der Waals surface area contributed by atoms with Crippen LogP contribution in [0.4, 0.5) is 0 Å². The van der Waals surface area contributed by atoms with Gasteiger partial charge in [-0.2, -0.15) is 9.79 Å². The quantitative estimate of drug-likeness (QED) is 0.505. The smallest absolute Gasteiger partial charge is 0.0226 e. The molecule has 2 radical (unpaired) electrons. The van der Waals surface area contributed by atoms with E-state index in [0.29, 0.717) is 0 Å². The summed E-state index contributed by atoms with van der Waals surface area (Å²) in [7, 11) is 0. The second kappa shape index (κ2) is 8.16. The third-order valence-electron chi connectivity index (χ3n) is 3.66. The minimum atomic E-state index is 0. The maximum Gasteiger partial charge on any atom is 0.0226 e. The largest absolute Gasteiger partial charge is 0.781 e. The van der Waals surface area contributed by atoms with E-state index in [9.17, 15) is 0 Å². The monoisotopic (exact) mass is 468 g/mol. The van der Waals surface area contributed by atoms with Gasteiger partial charge in [-0.25, -0.2) is 0 Å². The Kier molecular flexibility index (Phi) is 8.07. The van der Waals surface area contributed by atoms with Gasteiger partial charge >= 0.3 is 0 Å². The van der Waals surface area contributed by atoms with Crippen molar-refractivity contribution in [3.8, 4) is 0 Å². The van der Waals surface area contributed by atoms with Crippen molar-refractivity contribution in [2.24, 2.45) is 0 Å². The molecule has 0 aliphatic heterocycles. The molecule has 106 valence electrons. The third-order valence-corrected chi connectivity index (χ3v) is 4.50. The molecule has 0 nitrogen and oxygen atoms in total. The molecular weight excluding hydrogens is 449 g/mol. The molecule has 1 aliphatic rings. The molecule has 1 aromatic rings. The van der Waals surface area contributed by atoms with Crippen LogP contribution in [0.2, 0.25) is 0 Å². The molecule has 0 atom stereocenters. The van der Waals surface area contributed by atoms with Crippen molar-refractivity contribution in [2.75, 3.05) is 0 Å². The molecule has 0 aromatic heterocycles. The van der Waals surface area contributed by atoms with Gasteiger partial charge in [0.25, 0.3) is 0 Å². The summed E-state index contributed by atoms with van der Waals surface area (Å²) in [5, 5.41) is 0. The zero-order valence-electron chi connectivity index (χ0n) is 12.0. The zero-order chi connectivity index (χ0) is 13.9. The molecule has 19 heavy (non-hydrogen) atoms. The van der Waals surface area contributed by atoms with Gasteiger partial charge < -0.3 is 25.3 Å². The van der Waals surface area contributed by atoms with E-state index in [1.807, 2.05) is 24.3 Å². The summed E-state index contributed by atoms with van der Waals surface area (Å²) in [5.41, 5.74) is 5.87. The van der Waals surface area contributed by atoms with E-state index >= 15 is 0 Å². The van der Waals surface area contributed by atoms with Gasteiger partial charge in [0.1, 0.15) is 0 Å². The first-order valence-corrected chi connectivity index (χ1v) is 6.80.